The van der Waals surface area contributed by atoms with Gasteiger partial charge in [0.1, 0.15) is 17.7 Å². The molecule has 1 unspecified atom stereocenters. The number of benzene rings is 2. The van der Waals surface area contributed by atoms with Crippen molar-refractivity contribution >= 4 is 29.1 Å². The summed E-state index contributed by atoms with van der Waals surface area (Å²) in [5.74, 6) is -0.706. The van der Waals surface area contributed by atoms with Crippen molar-refractivity contribution in [1.29, 1.82) is 0 Å². The molecule has 0 bridgehead atoms. The molecule has 0 spiro atoms. The van der Waals surface area contributed by atoms with Crippen LogP contribution in [0.25, 0.3) is 0 Å². The average Bonchev–Trinajstić information content (AvgIpc) is 2.67. The van der Waals surface area contributed by atoms with Crippen LogP contribution in [0.3, 0.4) is 0 Å². The van der Waals surface area contributed by atoms with Gasteiger partial charge in [-0.05, 0) is 37.3 Å². The number of aromatic nitrogens is 1. The number of nitrogens with zero attached hydrogens (tertiary/aromatic N) is 1. The maximum atomic E-state index is 14.5. The molecular formula is C21H16Cl2F2N2O2. The molecule has 4 nitrogen and oxygen atoms in total. The summed E-state index contributed by atoms with van der Waals surface area (Å²) < 4.78 is 33.5. The van der Waals surface area contributed by atoms with Crippen molar-refractivity contribution in [2.24, 2.45) is 0 Å². The smallest absolute Gasteiger partial charge is 0.255 e. The van der Waals surface area contributed by atoms with Crippen LogP contribution >= 0.6 is 23.2 Å². The number of ether oxygens (including phenoxy) is 1. The van der Waals surface area contributed by atoms with Gasteiger partial charge in [0.25, 0.3) is 5.91 Å². The van der Waals surface area contributed by atoms with Crippen molar-refractivity contribution in [3.63, 3.8) is 0 Å². The van der Waals surface area contributed by atoms with Crippen LogP contribution in [-0.4, -0.2) is 17.4 Å². The average molecular weight is 437 g/mol. The predicted octanol–water partition coefficient (Wildman–Crippen LogP) is 6.07. The Bertz CT molecular complexity index is 1050. The molecule has 0 aliphatic carbocycles. The molecule has 150 valence electrons. The fraction of sp³-hybridized carbons (Fsp3) is 0.143. The summed E-state index contributed by atoms with van der Waals surface area (Å²) in [5.41, 5.74) is 0.939. The number of hydrogen-bond donors (Lipinski definition) is 1. The van der Waals surface area contributed by atoms with Crippen molar-refractivity contribution in [3.05, 3.63) is 87.4 Å². The molecule has 0 saturated carbocycles. The number of rotatable bonds is 6. The highest BCUT2D eigenvalue weighted by molar-refractivity contribution is 6.35. The molecule has 3 aromatic rings. The summed E-state index contributed by atoms with van der Waals surface area (Å²) in [7, 11) is 0. The zero-order valence-corrected chi connectivity index (χ0v) is 16.8. The quantitative estimate of drug-likeness (QED) is 0.510. The van der Waals surface area contributed by atoms with Crippen molar-refractivity contribution in [1.82, 2.24) is 10.3 Å². The van der Waals surface area contributed by atoms with Crippen LogP contribution < -0.4 is 10.1 Å². The van der Waals surface area contributed by atoms with Gasteiger partial charge in [-0.2, -0.15) is 0 Å². The maximum Gasteiger partial charge on any atom is 0.255 e. The van der Waals surface area contributed by atoms with E-state index in [4.69, 9.17) is 27.9 Å². The molecule has 1 heterocycles. The Morgan fingerprint density at radius 2 is 2.00 bits per heavy atom. The molecule has 0 fully saturated rings. The fourth-order valence-corrected chi connectivity index (χ4v) is 3.13. The Kier molecular flexibility index (Phi) is 6.67. The lowest BCUT2D eigenvalue weighted by Gasteiger charge is -2.14. The summed E-state index contributed by atoms with van der Waals surface area (Å²) in [5, 5.41) is 3.08. The van der Waals surface area contributed by atoms with Gasteiger partial charge < -0.3 is 10.1 Å². The largest absolute Gasteiger partial charge is 0.455 e. The molecule has 0 aliphatic heterocycles. The van der Waals surface area contributed by atoms with Gasteiger partial charge in [-0.1, -0.05) is 35.3 Å². The van der Waals surface area contributed by atoms with Crippen LogP contribution in [0.5, 0.6) is 11.5 Å². The summed E-state index contributed by atoms with van der Waals surface area (Å²) >= 11 is 11.8. The lowest BCUT2D eigenvalue weighted by molar-refractivity contribution is 0.0939. The SMILES string of the molecule is Cc1cc(C(=O)NCC(F)c2ccc(Cl)cc2Cl)c(Oc2cccc(F)c2)cn1. The van der Waals surface area contributed by atoms with E-state index >= 15 is 0 Å². The number of alkyl halides is 1. The van der Waals surface area contributed by atoms with Crippen molar-refractivity contribution < 1.29 is 18.3 Å². The van der Waals surface area contributed by atoms with Crippen LogP contribution in [0.15, 0.2) is 54.7 Å². The van der Waals surface area contributed by atoms with Crippen LogP contribution in [0.1, 0.15) is 27.8 Å². The van der Waals surface area contributed by atoms with E-state index in [1.165, 1.54) is 48.7 Å². The highest BCUT2D eigenvalue weighted by Crippen LogP contribution is 2.29. The van der Waals surface area contributed by atoms with Gasteiger partial charge in [0.2, 0.25) is 0 Å². The van der Waals surface area contributed by atoms with E-state index < -0.39 is 17.9 Å². The summed E-state index contributed by atoms with van der Waals surface area (Å²) in [6, 6.07) is 11.4. The van der Waals surface area contributed by atoms with Crippen LogP contribution in [0.4, 0.5) is 8.78 Å². The number of nitrogens with one attached hydrogen (secondary N) is 1. The second-order valence-corrected chi connectivity index (χ2v) is 7.07. The van der Waals surface area contributed by atoms with Crippen molar-refractivity contribution in [3.8, 4) is 11.5 Å². The molecule has 0 saturated heterocycles. The first-order valence-corrected chi connectivity index (χ1v) is 9.36. The zero-order valence-electron chi connectivity index (χ0n) is 15.3. The van der Waals surface area contributed by atoms with Gasteiger partial charge in [0.15, 0.2) is 5.75 Å². The van der Waals surface area contributed by atoms with E-state index in [-0.39, 0.29) is 34.2 Å². The number of aryl methyl sites for hydroxylation is 1. The Labute approximate surface area is 176 Å². The van der Waals surface area contributed by atoms with Crippen molar-refractivity contribution in [2.45, 2.75) is 13.1 Å². The van der Waals surface area contributed by atoms with Crippen LogP contribution in [0.2, 0.25) is 10.0 Å². The maximum absolute atomic E-state index is 14.5. The minimum atomic E-state index is -1.53. The van der Waals surface area contributed by atoms with Crippen LogP contribution in [0, 0.1) is 12.7 Å². The monoisotopic (exact) mass is 436 g/mol. The summed E-state index contributed by atoms with van der Waals surface area (Å²) in [4.78, 5) is 16.7. The topological polar surface area (TPSA) is 51.2 Å². The molecule has 8 heteroatoms. The molecule has 29 heavy (non-hydrogen) atoms. The predicted molar refractivity (Wildman–Crippen MR) is 108 cm³/mol. The third-order valence-corrected chi connectivity index (χ3v) is 4.58. The Hall–Kier alpha value is -2.70. The molecule has 1 aromatic heterocycles. The van der Waals surface area contributed by atoms with E-state index in [1.807, 2.05) is 0 Å². The highest BCUT2D eigenvalue weighted by Gasteiger charge is 2.19. The number of amides is 1. The van der Waals surface area contributed by atoms with Crippen LogP contribution in [-0.2, 0) is 0 Å². The fourth-order valence-electron chi connectivity index (χ4n) is 2.61. The molecule has 2 aromatic carbocycles. The van der Waals surface area contributed by atoms with E-state index in [0.29, 0.717) is 10.7 Å². The van der Waals surface area contributed by atoms with Gasteiger partial charge in [0.05, 0.1) is 18.3 Å². The molecular weight excluding hydrogens is 421 g/mol. The number of pyridine rings is 1. The van der Waals surface area contributed by atoms with Gasteiger partial charge in [-0.15, -0.1) is 0 Å². The number of carbonyl (C=O) groups excluding carboxylic acids is 1. The first kappa shape index (κ1) is 21.0. The Balaban J connectivity index is 1.75. The second kappa shape index (κ2) is 9.20. The first-order chi connectivity index (χ1) is 13.8. The highest BCUT2D eigenvalue weighted by atomic mass is 35.5. The lowest BCUT2D eigenvalue weighted by Crippen LogP contribution is -2.27. The third kappa shape index (κ3) is 5.43. The van der Waals surface area contributed by atoms with E-state index in [0.717, 1.165) is 0 Å². The standard InChI is InChI=1S/C21H16Cl2F2N2O2/c1-12-7-17(20(11-26-12)29-15-4-2-3-14(24)9-15)21(28)27-10-19(25)16-6-5-13(22)8-18(16)23/h2-9,11,19H,10H2,1H3,(H,27,28). The molecule has 1 atom stereocenters. The summed E-state index contributed by atoms with van der Waals surface area (Å²) in [6.07, 6.45) is -0.169. The van der Waals surface area contributed by atoms with Gasteiger partial charge in [-0.3, -0.25) is 9.78 Å². The van der Waals surface area contributed by atoms with E-state index in [9.17, 15) is 13.6 Å². The number of carbonyl (C=O) groups is 1. The van der Waals surface area contributed by atoms with Gasteiger partial charge in [-0.25, -0.2) is 8.78 Å². The second-order valence-electron chi connectivity index (χ2n) is 6.22. The lowest BCUT2D eigenvalue weighted by atomic mass is 10.1. The molecule has 1 amide bonds. The zero-order chi connectivity index (χ0) is 21.0. The Morgan fingerprint density at radius 1 is 1.21 bits per heavy atom. The normalized spacial score (nSPS) is 11.8. The van der Waals surface area contributed by atoms with Gasteiger partial charge in [0, 0.05) is 27.4 Å². The number of halogens is 4. The minimum Gasteiger partial charge on any atom is -0.455 e. The first-order valence-electron chi connectivity index (χ1n) is 8.61. The number of hydrogen-bond acceptors (Lipinski definition) is 3. The van der Waals surface area contributed by atoms with E-state index in [2.05, 4.69) is 10.3 Å². The minimum absolute atomic E-state index is 0.124. The molecule has 1 N–H and O–H groups in total. The molecule has 0 aliphatic rings. The van der Waals surface area contributed by atoms with Crippen molar-refractivity contribution in [2.75, 3.05) is 6.54 Å². The summed E-state index contributed by atoms with van der Waals surface area (Å²) in [6.45, 7) is 1.40. The molecule has 0 radical (unpaired) electrons. The Morgan fingerprint density at radius 3 is 2.72 bits per heavy atom. The van der Waals surface area contributed by atoms with E-state index in [1.54, 1.807) is 13.0 Å². The van der Waals surface area contributed by atoms with Gasteiger partial charge >= 0.3 is 0 Å². The molecule has 3 rings (SSSR count). The third-order valence-electron chi connectivity index (χ3n) is 4.01.